The topological polar surface area (TPSA) is 43.4 Å². The summed E-state index contributed by atoms with van der Waals surface area (Å²) >= 11 is -1.15. The molecule has 4 heteroatoms. The monoisotopic (exact) mass is 273 g/mol. The molecule has 0 heterocycles. The van der Waals surface area contributed by atoms with Crippen molar-refractivity contribution in [3.63, 3.8) is 0 Å². The third-order valence-corrected chi connectivity index (χ3v) is 4.07. The Kier molecular flexibility index (Phi) is 4.37. The van der Waals surface area contributed by atoms with Crippen LogP contribution in [0, 0.1) is 0 Å². The third-order valence-electron chi connectivity index (χ3n) is 2.75. The minimum Gasteiger partial charge on any atom is -0.593 e. The molecule has 0 fully saturated rings. The van der Waals surface area contributed by atoms with E-state index in [1.54, 1.807) is 30.5 Å². The van der Waals surface area contributed by atoms with Crippen molar-refractivity contribution in [1.29, 1.82) is 0 Å². The quantitative estimate of drug-likeness (QED) is 0.635. The van der Waals surface area contributed by atoms with Crippen LogP contribution in [0.2, 0.25) is 0 Å². The smallest absolute Gasteiger partial charge is 0.174 e. The molecule has 1 atom stereocenters. The first-order chi connectivity index (χ1) is 9.11. The van der Waals surface area contributed by atoms with Crippen molar-refractivity contribution in [2.45, 2.75) is 4.90 Å². The van der Waals surface area contributed by atoms with E-state index in [0.29, 0.717) is 5.56 Å². The Morgan fingerprint density at radius 2 is 1.74 bits per heavy atom. The van der Waals surface area contributed by atoms with Gasteiger partial charge in [0.25, 0.3) is 0 Å². The molecule has 0 aliphatic heterocycles. The van der Waals surface area contributed by atoms with Crippen LogP contribution in [0.25, 0.3) is 11.1 Å². The Hall–Kier alpha value is -1.62. The van der Waals surface area contributed by atoms with Crippen molar-refractivity contribution in [2.24, 2.45) is 0 Å². The summed E-state index contributed by atoms with van der Waals surface area (Å²) in [7, 11) is 3.56. The maximum Gasteiger partial charge on any atom is 0.174 e. The molecule has 0 spiro atoms. The molecule has 2 rings (SSSR count). The van der Waals surface area contributed by atoms with Gasteiger partial charge < -0.3 is 4.55 Å². The van der Waals surface area contributed by atoms with Gasteiger partial charge in [-0.25, -0.2) is 0 Å². The van der Waals surface area contributed by atoms with Crippen LogP contribution in [0.4, 0.5) is 0 Å². The van der Waals surface area contributed by atoms with Crippen molar-refractivity contribution in [1.82, 2.24) is 4.31 Å². The second kappa shape index (κ2) is 6.02. The standard InChI is InChI=1S/C15H15NO2S/c1-16(2)19(18)15-5-3-4-14(10-15)13-8-6-12(11-17)7-9-13/h3-11H,1-2H3. The maximum absolute atomic E-state index is 12.0. The van der Waals surface area contributed by atoms with Crippen molar-refractivity contribution in [3.8, 4) is 11.1 Å². The average Bonchev–Trinajstić information content (AvgIpc) is 2.46. The van der Waals surface area contributed by atoms with Crippen molar-refractivity contribution in [2.75, 3.05) is 14.1 Å². The van der Waals surface area contributed by atoms with Crippen LogP contribution >= 0.6 is 0 Å². The first kappa shape index (κ1) is 13.8. The highest BCUT2D eigenvalue weighted by Crippen LogP contribution is 2.23. The van der Waals surface area contributed by atoms with Crippen LogP contribution < -0.4 is 0 Å². The van der Waals surface area contributed by atoms with Gasteiger partial charge in [0, 0.05) is 25.7 Å². The van der Waals surface area contributed by atoms with Gasteiger partial charge in [-0.05, 0) is 17.2 Å². The van der Waals surface area contributed by atoms with E-state index < -0.39 is 11.4 Å². The zero-order valence-electron chi connectivity index (χ0n) is 10.9. The lowest BCUT2D eigenvalue weighted by Gasteiger charge is -2.15. The molecule has 0 amide bonds. The van der Waals surface area contributed by atoms with Gasteiger partial charge in [0.05, 0.1) is 11.4 Å². The molecule has 19 heavy (non-hydrogen) atoms. The van der Waals surface area contributed by atoms with E-state index in [2.05, 4.69) is 0 Å². The van der Waals surface area contributed by atoms with Crippen LogP contribution in [0.1, 0.15) is 10.4 Å². The Morgan fingerprint density at radius 1 is 1.05 bits per heavy atom. The van der Waals surface area contributed by atoms with Crippen molar-refractivity contribution >= 4 is 17.6 Å². The molecule has 1 unspecified atom stereocenters. The third kappa shape index (κ3) is 3.23. The molecule has 0 radical (unpaired) electrons. The number of carbonyl (C=O) groups is 1. The predicted octanol–water partition coefficient (Wildman–Crippen LogP) is 2.75. The number of rotatable bonds is 4. The average molecular weight is 273 g/mol. The van der Waals surface area contributed by atoms with E-state index in [4.69, 9.17) is 0 Å². The van der Waals surface area contributed by atoms with Crippen molar-refractivity contribution < 1.29 is 9.35 Å². The van der Waals surface area contributed by atoms with Gasteiger partial charge in [-0.15, -0.1) is 4.31 Å². The van der Waals surface area contributed by atoms with Gasteiger partial charge in [-0.1, -0.05) is 36.4 Å². The van der Waals surface area contributed by atoms with E-state index in [-0.39, 0.29) is 0 Å². The van der Waals surface area contributed by atoms with E-state index in [1.165, 1.54) is 0 Å². The van der Waals surface area contributed by atoms with E-state index in [1.807, 2.05) is 36.4 Å². The molecule has 0 saturated carbocycles. The number of hydrogen-bond acceptors (Lipinski definition) is 3. The number of hydrogen-bond donors (Lipinski definition) is 0. The molecular weight excluding hydrogens is 258 g/mol. The van der Waals surface area contributed by atoms with Gasteiger partial charge in [-0.3, -0.25) is 4.79 Å². The lowest BCUT2D eigenvalue weighted by atomic mass is 10.0. The molecular formula is C15H15NO2S. The van der Waals surface area contributed by atoms with Crippen LogP contribution in [0.3, 0.4) is 0 Å². The summed E-state index contributed by atoms with van der Waals surface area (Å²) in [6.07, 6.45) is 0.821. The molecule has 0 aromatic heterocycles. The molecule has 0 saturated heterocycles. The van der Waals surface area contributed by atoms with Crippen molar-refractivity contribution in [3.05, 3.63) is 54.1 Å². The zero-order valence-corrected chi connectivity index (χ0v) is 11.7. The molecule has 3 nitrogen and oxygen atoms in total. The predicted molar refractivity (Wildman–Crippen MR) is 77.4 cm³/mol. The van der Waals surface area contributed by atoms with Crippen LogP contribution in [0.5, 0.6) is 0 Å². The molecule has 98 valence electrons. The second-order valence-corrected chi connectivity index (χ2v) is 6.03. The molecule has 0 aliphatic carbocycles. The van der Waals surface area contributed by atoms with Crippen LogP contribution in [-0.2, 0) is 11.4 Å². The minimum atomic E-state index is -1.15. The maximum atomic E-state index is 12.0. The Bertz CT molecular complexity index is 567. The number of nitrogens with zero attached hydrogens (tertiary/aromatic N) is 1. The fraction of sp³-hybridized carbons (Fsp3) is 0.133. The fourth-order valence-electron chi connectivity index (χ4n) is 1.75. The number of aldehydes is 1. The number of carbonyl (C=O) groups excluding carboxylic acids is 1. The normalized spacial score (nSPS) is 12.4. The second-order valence-electron chi connectivity index (χ2n) is 4.33. The van der Waals surface area contributed by atoms with E-state index in [0.717, 1.165) is 22.3 Å². The summed E-state index contributed by atoms with van der Waals surface area (Å²) < 4.78 is 13.7. The van der Waals surface area contributed by atoms with Crippen LogP contribution in [0.15, 0.2) is 53.4 Å². The van der Waals surface area contributed by atoms with E-state index >= 15 is 0 Å². The number of benzene rings is 2. The van der Waals surface area contributed by atoms with Gasteiger partial charge in [0.2, 0.25) is 0 Å². The summed E-state index contributed by atoms with van der Waals surface area (Å²) in [4.78, 5) is 11.4. The minimum absolute atomic E-state index is 0.650. The summed E-state index contributed by atoms with van der Waals surface area (Å²) in [5, 5.41) is 0. The molecule has 0 bridgehead atoms. The molecule has 0 N–H and O–H groups in total. The zero-order chi connectivity index (χ0) is 13.8. The van der Waals surface area contributed by atoms with E-state index in [9.17, 15) is 9.35 Å². The molecule has 2 aromatic carbocycles. The Morgan fingerprint density at radius 3 is 2.32 bits per heavy atom. The summed E-state index contributed by atoms with van der Waals surface area (Å²) in [6.45, 7) is 0. The molecule has 2 aromatic rings. The lowest BCUT2D eigenvalue weighted by molar-refractivity contribution is 0.112. The summed E-state index contributed by atoms with van der Waals surface area (Å²) in [5.74, 6) is 0. The van der Waals surface area contributed by atoms with Gasteiger partial charge >= 0.3 is 0 Å². The summed E-state index contributed by atoms with van der Waals surface area (Å²) in [6, 6.07) is 14.9. The Balaban J connectivity index is 2.34. The Labute approximate surface area is 116 Å². The lowest BCUT2D eigenvalue weighted by Crippen LogP contribution is -2.22. The van der Waals surface area contributed by atoms with Gasteiger partial charge in [0.15, 0.2) is 4.90 Å². The first-order valence-corrected chi connectivity index (χ1v) is 6.97. The highest BCUT2D eigenvalue weighted by atomic mass is 32.2. The van der Waals surface area contributed by atoms with Gasteiger partial charge in [0.1, 0.15) is 6.29 Å². The highest BCUT2D eigenvalue weighted by molar-refractivity contribution is 7.89. The SMILES string of the molecule is CN(C)[S+]([O-])c1cccc(-c2ccc(C=O)cc2)c1. The molecule has 0 aliphatic rings. The van der Waals surface area contributed by atoms with Gasteiger partial charge in [-0.2, -0.15) is 0 Å². The summed E-state index contributed by atoms with van der Waals surface area (Å²) in [5.41, 5.74) is 2.64. The highest BCUT2D eigenvalue weighted by Gasteiger charge is 2.14. The first-order valence-electron chi connectivity index (χ1n) is 5.86. The largest absolute Gasteiger partial charge is 0.593 e. The fourth-order valence-corrected chi connectivity index (χ4v) is 2.59. The van der Waals surface area contributed by atoms with Crippen LogP contribution in [-0.4, -0.2) is 29.2 Å².